The molecule has 31 heavy (non-hydrogen) atoms. The Morgan fingerprint density at radius 3 is 2.61 bits per heavy atom. The van der Waals surface area contributed by atoms with Crippen LogP contribution in [0.3, 0.4) is 0 Å². The fraction of sp³-hybridized carbons (Fsp3) is 0.778. The highest BCUT2D eigenvalue weighted by Crippen LogP contribution is 2.66. The van der Waals surface area contributed by atoms with E-state index in [9.17, 15) is 9.90 Å². The molecule has 1 aromatic rings. The summed E-state index contributed by atoms with van der Waals surface area (Å²) in [6, 6.07) is 0. The number of carbonyl (C=O) groups is 1. The van der Waals surface area contributed by atoms with Gasteiger partial charge in [-0.05, 0) is 113 Å². The molecule has 0 aromatic carbocycles. The zero-order valence-corrected chi connectivity index (χ0v) is 20.1. The number of aliphatic hydroxyl groups is 1. The molecule has 4 nitrogen and oxygen atoms in total. The highest BCUT2D eigenvalue weighted by molar-refractivity contribution is 6.06. The average Bonchev–Trinajstić information content (AvgIpc) is 3.16. The number of aromatic nitrogens is 2. The standard InChI is InChI=1S/C27H40N2O2/c1-6-29-17(3)22(16(2)28-29)13-18-14-24-21-8-7-19-15-20(30)9-11-26(19,4)23(21)10-12-27(24,5)25(18)31/h13,19-21,23-24,30H,6-12,14-15H2,1-5H3/b18-13+/t19-,20+,21-,23+,24+,26-,27+/m0/s1. The first kappa shape index (κ1) is 21.4. The van der Waals surface area contributed by atoms with Crippen LogP contribution in [0.15, 0.2) is 5.57 Å². The van der Waals surface area contributed by atoms with Crippen LogP contribution in [0, 0.1) is 48.3 Å². The second-order valence-electron chi connectivity index (χ2n) is 11.6. The van der Waals surface area contributed by atoms with Crippen LogP contribution in [0.4, 0.5) is 0 Å². The summed E-state index contributed by atoms with van der Waals surface area (Å²) in [7, 11) is 0. The van der Waals surface area contributed by atoms with E-state index in [0.717, 1.165) is 61.4 Å². The normalized spacial score (nSPS) is 43.6. The van der Waals surface area contributed by atoms with Crippen LogP contribution in [0.1, 0.15) is 89.1 Å². The van der Waals surface area contributed by atoms with E-state index in [4.69, 9.17) is 0 Å². The minimum atomic E-state index is -0.188. The lowest BCUT2D eigenvalue weighted by molar-refractivity contribution is -0.141. The lowest BCUT2D eigenvalue weighted by Crippen LogP contribution is -2.54. The summed E-state index contributed by atoms with van der Waals surface area (Å²) in [5.74, 6) is 2.93. The number of aliphatic hydroxyl groups excluding tert-OH is 1. The maximum absolute atomic E-state index is 13.7. The molecule has 4 fully saturated rings. The van der Waals surface area contributed by atoms with Gasteiger partial charge in [0.25, 0.3) is 0 Å². The molecule has 0 aliphatic heterocycles. The molecule has 1 aromatic heterocycles. The maximum Gasteiger partial charge on any atom is 0.165 e. The zero-order valence-electron chi connectivity index (χ0n) is 20.1. The average molecular weight is 425 g/mol. The van der Waals surface area contributed by atoms with Gasteiger partial charge in [0, 0.05) is 23.2 Å². The van der Waals surface area contributed by atoms with Crippen molar-refractivity contribution < 1.29 is 9.90 Å². The molecule has 0 spiro atoms. The van der Waals surface area contributed by atoms with E-state index in [0.29, 0.717) is 29.0 Å². The van der Waals surface area contributed by atoms with Crippen molar-refractivity contribution in [3.05, 3.63) is 22.5 Å². The van der Waals surface area contributed by atoms with Gasteiger partial charge in [0.1, 0.15) is 0 Å². The predicted octanol–water partition coefficient (Wildman–Crippen LogP) is 5.49. The first-order valence-corrected chi connectivity index (χ1v) is 12.7. The van der Waals surface area contributed by atoms with Gasteiger partial charge in [-0.1, -0.05) is 13.8 Å². The number of rotatable bonds is 2. The van der Waals surface area contributed by atoms with E-state index in [1.165, 1.54) is 25.0 Å². The molecule has 0 radical (unpaired) electrons. The SMILES string of the molecule is CCn1nc(C)c(/C=C2\C[C@@H]3[C@H]4CC[C@H]5C[C@H](O)CC[C@]5(C)[C@@H]4CC[C@@]3(C)C2=O)c1C. The van der Waals surface area contributed by atoms with Crippen molar-refractivity contribution in [2.75, 3.05) is 0 Å². The Bertz CT molecular complexity index is 930. The Kier molecular flexibility index (Phi) is 5.04. The number of aryl methyl sites for hydroxylation is 2. The minimum absolute atomic E-state index is 0.0957. The highest BCUT2D eigenvalue weighted by atomic mass is 16.3. The van der Waals surface area contributed by atoms with Gasteiger partial charge in [-0.25, -0.2) is 0 Å². The van der Waals surface area contributed by atoms with E-state index >= 15 is 0 Å². The number of hydrogen-bond acceptors (Lipinski definition) is 3. The molecule has 0 amide bonds. The number of hydrogen-bond donors (Lipinski definition) is 1. The van der Waals surface area contributed by atoms with Crippen LogP contribution < -0.4 is 0 Å². The van der Waals surface area contributed by atoms with E-state index in [2.05, 4.69) is 45.8 Å². The second-order valence-corrected chi connectivity index (χ2v) is 11.6. The third-order valence-electron chi connectivity index (χ3n) is 10.3. The monoisotopic (exact) mass is 424 g/mol. The number of Topliss-reactive ketones (excluding diaryl/α,β-unsaturated/α-hetero) is 1. The molecule has 4 aliphatic carbocycles. The molecule has 170 valence electrons. The fourth-order valence-electron chi connectivity index (χ4n) is 8.44. The molecule has 0 bridgehead atoms. The Hall–Kier alpha value is -1.42. The van der Waals surface area contributed by atoms with Gasteiger partial charge >= 0.3 is 0 Å². The molecule has 7 atom stereocenters. The van der Waals surface area contributed by atoms with Crippen molar-refractivity contribution >= 4 is 11.9 Å². The highest BCUT2D eigenvalue weighted by Gasteiger charge is 2.61. The number of fused-ring (bicyclic) bond motifs is 5. The quantitative estimate of drug-likeness (QED) is 0.639. The first-order chi connectivity index (χ1) is 14.7. The van der Waals surface area contributed by atoms with Gasteiger partial charge in [0.2, 0.25) is 0 Å². The molecule has 1 N–H and O–H groups in total. The molecule has 5 rings (SSSR count). The van der Waals surface area contributed by atoms with Crippen LogP contribution in [0.5, 0.6) is 0 Å². The summed E-state index contributed by atoms with van der Waals surface area (Å²) < 4.78 is 2.05. The van der Waals surface area contributed by atoms with Crippen molar-refractivity contribution in [1.29, 1.82) is 0 Å². The number of allylic oxidation sites excluding steroid dienone is 1. The lowest BCUT2D eigenvalue weighted by Gasteiger charge is -2.59. The molecule has 4 aliphatic rings. The van der Waals surface area contributed by atoms with Gasteiger partial charge < -0.3 is 5.11 Å². The van der Waals surface area contributed by atoms with Crippen molar-refractivity contribution in [1.82, 2.24) is 9.78 Å². The number of nitrogens with zero attached hydrogens (tertiary/aromatic N) is 2. The summed E-state index contributed by atoms with van der Waals surface area (Å²) in [5.41, 5.74) is 4.57. The van der Waals surface area contributed by atoms with Gasteiger partial charge in [-0.3, -0.25) is 9.48 Å². The van der Waals surface area contributed by atoms with Crippen molar-refractivity contribution in [3.8, 4) is 0 Å². The molecule has 1 heterocycles. The summed E-state index contributed by atoms with van der Waals surface area (Å²) >= 11 is 0. The van der Waals surface area contributed by atoms with Crippen molar-refractivity contribution in [2.45, 2.75) is 98.6 Å². The molecule has 0 unspecified atom stereocenters. The molecule has 4 heteroatoms. The smallest absolute Gasteiger partial charge is 0.165 e. The number of ketones is 1. The predicted molar refractivity (Wildman–Crippen MR) is 123 cm³/mol. The number of carbonyl (C=O) groups excluding carboxylic acids is 1. The lowest BCUT2D eigenvalue weighted by atomic mass is 9.45. The van der Waals surface area contributed by atoms with Gasteiger partial charge in [0.05, 0.1) is 11.8 Å². The van der Waals surface area contributed by atoms with E-state index in [1.807, 2.05) is 4.68 Å². The molecule has 4 saturated carbocycles. The van der Waals surface area contributed by atoms with E-state index in [-0.39, 0.29) is 11.5 Å². The van der Waals surface area contributed by atoms with Crippen LogP contribution >= 0.6 is 0 Å². The Morgan fingerprint density at radius 2 is 1.90 bits per heavy atom. The fourth-order valence-corrected chi connectivity index (χ4v) is 8.44. The van der Waals surface area contributed by atoms with Crippen LogP contribution in [-0.2, 0) is 11.3 Å². The van der Waals surface area contributed by atoms with Crippen molar-refractivity contribution in [2.24, 2.45) is 34.5 Å². The molecular weight excluding hydrogens is 384 g/mol. The topological polar surface area (TPSA) is 55.1 Å². The van der Waals surface area contributed by atoms with Crippen LogP contribution in [-0.4, -0.2) is 26.8 Å². The summed E-state index contributed by atoms with van der Waals surface area (Å²) in [6.07, 6.45) is 10.8. The van der Waals surface area contributed by atoms with Gasteiger partial charge in [0.15, 0.2) is 5.78 Å². The Labute approximate surface area is 187 Å². The minimum Gasteiger partial charge on any atom is -0.393 e. The van der Waals surface area contributed by atoms with Crippen molar-refractivity contribution in [3.63, 3.8) is 0 Å². The summed E-state index contributed by atoms with van der Waals surface area (Å²) in [5, 5.41) is 14.9. The summed E-state index contributed by atoms with van der Waals surface area (Å²) in [4.78, 5) is 13.7. The first-order valence-electron chi connectivity index (χ1n) is 12.7. The van der Waals surface area contributed by atoms with E-state index < -0.39 is 0 Å². The third-order valence-corrected chi connectivity index (χ3v) is 10.3. The van der Waals surface area contributed by atoms with Crippen LogP contribution in [0.2, 0.25) is 0 Å². The second kappa shape index (κ2) is 7.30. The zero-order chi connectivity index (χ0) is 22.1. The maximum atomic E-state index is 13.7. The Balaban J connectivity index is 1.46. The largest absolute Gasteiger partial charge is 0.393 e. The van der Waals surface area contributed by atoms with Crippen LogP contribution in [0.25, 0.3) is 6.08 Å². The summed E-state index contributed by atoms with van der Waals surface area (Å²) in [6.45, 7) is 12.0. The van der Waals surface area contributed by atoms with Gasteiger partial charge in [-0.15, -0.1) is 0 Å². The third kappa shape index (κ3) is 3.03. The molecular formula is C27H40N2O2. The Morgan fingerprint density at radius 1 is 1.13 bits per heavy atom. The molecule has 0 saturated heterocycles. The van der Waals surface area contributed by atoms with E-state index in [1.54, 1.807) is 0 Å². The van der Waals surface area contributed by atoms with Gasteiger partial charge in [-0.2, -0.15) is 5.10 Å².